The van der Waals surface area contributed by atoms with Crippen molar-refractivity contribution in [3.05, 3.63) is 102 Å². The van der Waals surface area contributed by atoms with Crippen LogP contribution < -0.4 is 0 Å². The van der Waals surface area contributed by atoms with Crippen molar-refractivity contribution in [2.75, 3.05) is 0 Å². The molecule has 0 N–H and O–H groups in total. The molecular formula is C31H21N. The summed E-state index contributed by atoms with van der Waals surface area (Å²) in [5.74, 6) is 0. The van der Waals surface area contributed by atoms with Gasteiger partial charge in [0, 0.05) is 27.0 Å². The average molecular weight is 408 g/mol. The van der Waals surface area contributed by atoms with Crippen LogP contribution in [-0.2, 0) is 5.41 Å². The van der Waals surface area contributed by atoms with Crippen LogP contribution in [0.2, 0.25) is 0 Å². The van der Waals surface area contributed by atoms with Crippen molar-refractivity contribution in [1.82, 2.24) is 4.40 Å². The van der Waals surface area contributed by atoms with E-state index in [1.165, 1.54) is 71.1 Å². The minimum Gasteiger partial charge on any atom is -0.308 e. The van der Waals surface area contributed by atoms with E-state index in [0.717, 1.165) is 0 Å². The summed E-state index contributed by atoms with van der Waals surface area (Å²) < 4.78 is 2.56. The molecule has 0 saturated carbocycles. The van der Waals surface area contributed by atoms with Crippen LogP contribution in [-0.4, -0.2) is 4.40 Å². The van der Waals surface area contributed by atoms with E-state index >= 15 is 0 Å². The maximum absolute atomic E-state index is 2.56. The van der Waals surface area contributed by atoms with Crippen molar-refractivity contribution in [3.63, 3.8) is 0 Å². The third-order valence-electron chi connectivity index (χ3n) is 7.86. The van der Waals surface area contributed by atoms with Gasteiger partial charge in [-0.3, -0.25) is 0 Å². The van der Waals surface area contributed by atoms with E-state index in [4.69, 9.17) is 0 Å². The van der Waals surface area contributed by atoms with Crippen molar-refractivity contribution < 1.29 is 0 Å². The number of hydrogen-bond acceptors (Lipinski definition) is 0. The zero-order valence-corrected chi connectivity index (χ0v) is 18.1. The Morgan fingerprint density at radius 2 is 1.25 bits per heavy atom. The SMILES string of the molecule is CC1(C)c2ccccc2-c2ccc3c4cccc5c6cc7ccccc7cc6n(c3c21)c54. The number of rotatable bonds is 0. The largest absolute Gasteiger partial charge is 0.308 e. The first-order valence-electron chi connectivity index (χ1n) is 11.4. The maximum atomic E-state index is 2.56. The van der Waals surface area contributed by atoms with Gasteiger partial charge in [-0.1, -0.05) is 92.7 Å². The van der Waals surface area contributed by atoms with Crippen LogP contribution in [0.5, 0.6) is 0 Å². The van der Waals surface area contributed by atoms with E-state index in [1.807, 2.05) is 0 Å². The molecule has 0 atom stereocenters. The van der Waals surface area contributed by atoms with Gasteiger partial charge >= 0.3 is 0 Å². The third-order valence-corrected chi connectivity index (χ3v) is 7.86. The lowest BCUT2D eigenvalue weighted by Crippen LogP contribution is -2.15. The molecule has 8 rings (SSSR count). The fourth-order valence-corrected chi connectivity index (χ4v) is 6.50. The van der Waals surface area contributed by atoms with Gasteiger partial charge in [0.1, 0.15) is 0 Å². The minimum absolute atomic E-state index is 0.0426. The van der Waals surface area contributed by atoms with Crippen molar-refractivity contribution in [2.45, 2.75) is 19.3 Å². The van der Waals surface area contributed by atoms with Gasteiger partial charge in [0.15, 0.2) is 0 Å². The minimum atomic E-state index is -0.0426. The van der Waals surface area contributed by atoms with Crippen LogP contribution in [0, 0.1) is 0 Å². The molecule has 0 aliphatic heterocycles. The third kappa shape index (κ3) is 1.75. The molecule has 0 radical (unpaired) electrons. The molecule has 0 spiro atoms. The Morgan fingerprint density at radius 3 is 2.09 bits per heavy atom. The smallest absolute Gasteiger partial charge is 0.0620 e. The van der Waals surface area contributed by atoms with Crippen LogP contribution in [0.3, 0.4) is 0 Å². The molecular weight excluding hydrogens is 386 g/mol. The second-order valence-electron chi connectivity index (χ2n) is 9.81. The van der Waals surface area contributed by atoms with Crippen molar-refractivity contribution in [2.24, 2.45) is 0 Å². The standard InChI is InChI=1S/C31H21N/c1-31(2)26-13-6-5-10-20(26)21-14-15-24-22-11-7-12-23-25-16-18-8-3-4-9-19(18)17-27(25)32(29(22)23)30(24)28(21)31/h3-17H,1-2H3. The Bertz CT molecular complexity index is 1900. The van der Waals surface area contributed by atoms with E-state index in [-0.39, 0.29) is 5.41 Å². The monoisotopic (exact) mass is 407 g/mol. The Kier molecular flexibility index (Phi) is 2.79. The highest BCUT2D eigenvalue weighted by atomic mass is 14.9. The van der Waals surface area contributed by atoms with E-state index < -0.39 is 0 Å². The fraction of sp³-hybridized carbons (Fsp3) is 0.0968. The zero-order valence-electron chi connectivity index (χ0n) is 18.1. The summed E-state index contributed by atoms with van der Waals surface area (Å²) in [4.78, 5) is 0. The van der Waals surface area contributed by atoms with Gasteiger partial charge < -0.3 is 4.40 Å². The predicted molar refractivity (Wildman–Crippen MR) is 136 cm³/mol. The summed E-state index contributed by atoms with van der Waals surface area (Å²) in [6.07, 6.45) is 0. The maximum Gasteiger partial charge on any atom is 0.0620 e. The Hall–Kier alpha value is -3.84. The second kappa shape index (κ2) is 5.31. The number of hydrogen-bond donors (Lipinski definition) is 0. The topological polar surface area (TPSA) is 4.41 Å². The molecule has 2 aromatic heterocycles. The Morgan fingerprint density at radius 1 is 0.562 bits per heavy atom. The summed E-state index contributed by atoms with van der Waals surface area (Å²) in [6, 6.07) is 33.9. The van der Waals surface area contributed by atoms with Crippen LogP contribution in [0.25, 0.3) is 60.0 Å². The molecule has 1 heteroatoms. The van der Waals surface area contributed by atoms with Crippen molar-refractivity contribution in [3.8, 4) is 11.1 Å². The highest BCUT2D eigenvalue weighted by Crippen LogP contribution is 2.53. The summed E-state index contributed by atoms with van der Waals surface area (Å²) in [5, 5.41) is 8.01. The molecule has 2 heterocycles. The quantitative estimate of drug-likeness (QED) is 0.238. The van der Waals surface area contributed by atoms with Crippen LogP contribution in [0.15, 0.2) is 91.0 Å². The van der Waals surface area contributed by atoms with Gasteiger partial charge in [-0.2, -0.15) is 0 Å². The summed E-state index contributed by atoms with van der Waals surface area (Å²) in [5.41, 5.74) is 9.64. The number of para-hydroxylation sites is 1. The van der Waals surface area contributed by atoms with Crippen molar-refractivity contribution in [1.29, 1.82) is 0 Å². The van der Waals surface area contributed by atoms with Crippen LogP contribution in [0.4, 0.5) is 0 Å². The molecule has 1 nitrogen and oxygen atoms in total. The molecule has 1 aliphatic rings. The highest BCUT2D eigenvalue weighted by Gasteiger charge is 2.38. The normalized spacial score (nSPS) is 14.8. The van der Waals surface area contributed by atoms with E-state index in [9.17, 15) is 0 Å². The molecule has 0 bridgehead atoms. The summed E-state index contributed by atoms with van der Waals surface area (Å²) >= 11 is 0. The first-order valence-corrected chi connectivity index (χ1v) is 11.4. The number of benzene rings is 5. The molecule has 5 aromatic carbocycles. The van der Waals surface area contributed by atoms with Crippen LogP contribution in [0.1, 0.15) is 25.0 Å². The van der Waals surface area contributed by atoms with Gasteiger partial charge in [-0.15, -0.1) is 0 Å². The lowest BCUT2D eigenvalue weighted by Gasteiger charge is -2.22. The lowest BCUT2D eigenvalue weighted by molar-refractivity contribution is 0.664. The first kappa shape index (κ1) is 16.8. The van der Waals surface area contributed by atoms with E-state index in [2.05, 4.69) is 109 Å². The lowest BCUT2D eigenvalue weighted by atomic mass is 9.81. The molecule has 0 fully saturated rings. The van der Waals surface area contributed by atoms with E-state index in [1.54, 1.807) is 0 Å². The van der Waals surface area contributed by atoms with Crippen LogP contribution >= 0.6 is 0 Å². The van der Waals surface area contributed by atoms with Gasteiger partial charge in [-0.25, -0.2) is 0 Å². The zero-order chi connectivity index (χ0) is 21.2. The van der Waals surface area contributed by atoms with E-state index in [0.29, 0.717) is 0 Å². The highest BCUT2D eigenvalue weighted by molar-refractivity contribution is 6.25. The van der Waals surface area contributed by atoms with Gasteiger partial charge in [0.05, 0.1) is 16.6 Å². The first-order chi connectivity index (χ1) is 15.6. The Balaban J connectivity index is 1.69. The summed E-state index contributed by atoms with van der Waals surface area (Å²) in [6.45, 7) is 4.78. The molecule has 0 saturated heterocycles. The number of fused-ring (bicyclic) bond motifs is 11. The average Bonchev–Trinajstić information content (AvgIpc) is 3.41. The molecule has 0 amide bonds. The molecule has 7 aromatic rings. The second-order valence-corrected chi connectivity index (χ2v) is 9.81. The fourth-order valence-electron chi connectivity index (χ4n) is 6.50. The van der Waals surface area contributed by atoms with Gasteiger partial charge in [0.2, 0.25) is 0 Å². The number of nitrogens with zero attached hydrogens (tertiary/aromatic N) is 1. The molecule has 0 unspecified atom stereocenters. The molecule has 150 valence electrons. The number of aromatic nitrogens is 1. The predicted octanol–water partition coefficient (Wildman–Crippen LogP) is 8.30. The molecule has 32 heavy (non-hydrogen) atoms. The van der Waals surface area contributed by atoms with Gasteiger partial charge in [0.25, 0.3) is 0 Å². The van der Waals surface area contributed by atoms with Crippen molar-refractivity contribution >= 4 is 48.9 Å². The summed E-state index contributed by atoms with van der Waals surface area (Å²) in [7, 11) is 0. The molecule has 1 aliphatic carbocycles. The Labute approximate surface area is 185 Å². The van der Waals surface area contributed by atoms with Gasteiger partial charge in [-0.05, 0) is 45.2 Å².